The number of carbonyl (C=O) groups excluding carboxylic acids is 2. The Morgan fingerprint density at radius 2 is 2.03 bits per heavy atom. The molecule has 2 aromatic rings. The summed E-state index contributed by atoms with van der Waals surface area (Å²) in [5.74, 6) is -1.26. The highest BCUT2D eigenvalue weighted by atomic mass is 35.5. The predicted molar refractivity (Wildman–Crippen MR) is 131 cm³/mol. The fourth-order valence-electron chi connectivity index (χ4n) is 4.52. The fourth-order valence-corrected chi connectivity index (χ4v) is 5.47. The summed E-state index contributed by atoms with van der Waals surface area (Å²) in [4.78, 5) is 32.6. The molecule has 2 aromatic heterocycles. The summed E-state index contributed by atoms with van der Waals surface area (Å²) < 4.78 is 26.4. The van der Waals surface area contributed by atoms with Gasteiger partial charge in [-0.2, -0.15) is 20.1 Å². The molecule has 0 saturated carbocycles. The second-order valence-electron chi connectivity index (χ2n) is 8.78. The van der Waals surface area contributed by atoms with Crippen LogP contribution in [-0.2, 0) is 11.3 Å². The van der Waals surface area contributed by atoms with E-state index in [1.54, 1.807) is 13.0 Å². The number of amides is 2. The SMILES string of the molecule is Cc1cc(Cl)nc(C)c1C(=O)NCC[C@@H](C)N1CCC(N(Cc2ccsc2)C(=O)C(F)F)CC1. The number of hydrogen-bond acceptors (Lipinski definition) is 5. The molecule has 0 bridgehead atoms. The Morgan fingerprint density at radius 3 is 2.62 bits per heavy atom. The molecule has 1 N–H and O–H groups in total. The Hall–Kier alpha value is -2.10. The summed E-state index contributed by atoms with van der Waals surface area (Å²) in [7, 11) is 0. The first-order valence-corrected chi connectivity index (χ1v) is 12.7. The van der Waals surface area contributed by atoms with E-state index in [4.69, 9.17) is 11.6 Å². The van der Waals surface area contributed by atoms with E-state index >= 15 is 0 Å². The summed E-state index contributed by atoms with van der Waals surface area (Å²) in [6.45, 7) is 7.86. The highest BCUT2D eigenvalue weighted by molar-refractivity contribution is 7.07. The van der Waals surface area contributed by atoms with Crippen molar-refractivity contribution >= 4 is 34.8 Å². The van der Waals surface area contributed by atoms with Crippen LogP contribution in [0.4, 0.5) is 8.78 Å². The lowest BCUT2D eigenvalue weighted by Crippen LogP contribution is -2.50. The van der Waals surface area contributed by atoms with Crippen molar-refractivity contribution in [1.82, 2.24) is 20.1 Å². The van der Waals surface area contributed by atoms with Crippen molar-refractivity contribution in [3.63, 3.8) is 0 Å². The number of aryl methyl sites for hydroxylation is 2. The number of thiophene rings is 1. The molecule has 10 heteroatoms. The van der Waals surface area contributed by atoms with Gasteiger partial charge in [0.2, 0.25) is 0 Å². The molecule has 3 heterocycles. The Kier molecular flexibility index (Phi) is 9.39. The molecule has 3 rings (SSSR count). The van der Waals surface area contributed by atoms with Crippen molar-refractivity contribution in [3.8, 4) is 0 Å². The number of rotatable bonds is 9. The minimum atomic E-state index is -3.00. The minimum Gasteiger partial charge on any atom is -0.352 e. The van der Waals surface area contributed by atoms with E-state index in [-0.39, 0.29) is 24.5 Å². The number of halogens is 3. The maximum atomic E-state index is 13.2. The lowest BCUT2D eigenvalue weighted by molar-refractivity contribution is -0.147. The van der Waals surface area contributed by atoms with Gasteiger partial charge in [-0.3, -0.25) is 9.59 Å². The van der Waals surface area contributed by atoms with Crippen LogP contribution in [0.1, 0.15) is 53.4 Å². The summed E-state index contributed by atoms with van der Waals surface area (Å²) in [5.41, 5.74) is 2.82. The highest BCUT2D eigenvalue weighted by Gasteiger charge is 2.33. The number of likely N-dealkylation sites (tertiary alicyclic amines) is 1. The van der Waals surface area contributed by atoms with Crippen LogP contribution < -0.4 is 5.32 Å². The number of nitrogens with one attached hydrogen (secondary N) is 1. The monoisotopic (exact) mass is 512 g/mol. The molecule has 1 fully saturated rings. The molecule has 0 aliphatic carbocycles. The second-order valence-corrected chi connectivity index (χ2v) is 9.95. The van der Waals surface area contributed by atoms with Gasteiger partial charge in [0, 0.05) is 38.3 Å². The number of carbonyl (C=O) groups is 2. The van der Waals surface area contributed by atoms with E-state index in [1.165, 1.54) is 16.2 Å². The molecule has 0 unspecified atom stereocenters. The summed E-state index contributed by atoms with van der Waals surface area (Å²) in [6, 6.07) is 3.55. The third-order valence-electron chi connectivity index (χ3n) is 6.41. The number of nitrogens with zero attached hydrogens (tertiary/aromatic N) is 3. The first-order valence-electron chi connectivity index (χ1n) is 11.4. The Morgan fingerprint density at radius 1 is 1.32 bits per heavy atom. The van der Waals surface area contributed by atoms with Gasteiger partial charge in [0.1, 0.15) is 5.15 Å². The maximum Gasteiger partial charge on any atom is 0.315 e. The number of pyridine rings is 1. The molecule has 1 aliphatic heterocycles. The number of alkyl halides is 2. The van der Waals surface area contributed by atoms with E-state index in [1.807, 2.05) is 23.8 Å². The Balaban J connectivity index is 1.49. The van der Waals surface area contributed by atoms with Crippen LogP contribution in [-0.4, -0.2) is 64.7 Å². The standard InChI is InChI=1S/C24H31ClF2N4O2S/c1-15-12-20(25)29-17(3)21(15)23(32)28-8-4-16(2)30-9-5-19(6-10-30)31(24(33)22(26)27)13-18-7-11-34-14-18/h7,11-12,14,16,19,22H,4-6,8-10,13H2,1-3H3,(H,28,32)/t16-/m1/s1. The molecule has 0 spiro atoms. The largest absolute Gasteiger partial charge is 0.352 e. The van der Waals surface area contributed by atoms with E-state index in [9.17, 15) is 18.4 Å². The smallest absolute Gasteiger partial charge is 0.315 e. The zero-order chi connectivity index (χ0) is 24.8. The Labute approximate surface area is 208 Å². The first-order chi connectivity index (χ1) is 16.2. The lowest BCUT2D eigenvalue weighted by Gasteiger charge is -2.40. The van der Waals surface area contributed by atoms with Crippen molar-refractivity contribution < 1.29 is 18.4 Å². The van der Waals surface area contributed by atoms with Gasteiger partial charge in [-0.05, 0) is 74.1 Å². The molecule has 1 aliphatic rings. The van der Waals surface area contributed by atoms with Crippen LogP contribution in [0.15, 0.2) is 22.9 Å². The zero-order valence-corrected chi connectivity index (χ0v) is 21.3. The van der Waals surface area contributed by atoms with Crippen molar-refractivity contribution in [2.45, 2.75) is 65.1 Å². The van der Waals surface area contributed by atoms with Crippen LogP contribution in [0.25, 0.3) is 0 Å². The van der Waals surface area contributed by atoms with E-state index in [2.05, 4.69) is 22.1 Å². The van der Waals surface area contributed by atoms with Gasteiger partial charge in [0.15, 0.2) is 0 Å². The average molecular weight is 513 g/mol. The van der Waals surface area contributed by atoms with Crippen LogP contribution in [0.5, 0.6) is 0 Å². The van der Waals surface area contributed by atoms with E-state index in [0.29, 0.717) is 35.8 Å². The van der Waals surface area contributed by atoms with Crippen molar-refractivity contribution in [2.75, 3.05) is 19.6 Å². The molecular formula is C24H31ClF2N4O2S. The van der Waals surface area contributed by atoms with Gasteiger partial charge in [-0.1, -0.05) is 11.6 Å². The van der Waals surface area contributed by atoms with E-state index in [0.717, 1.165) is 30.6 Å². The minimum absolute atomic E-state index is 0.167. The van der Waals surface area contributed by atoms with Gasteiger partial charge in [-0.25, -0.2) is 4.98 Å². The normalized spacial score (nSPS) is 16.0. The van der Waals surface area contributed by atoms with Crippen molar-refractivity contribution in [1.29, 1.82) is 0 Å². The second kappa shape index (κ2) is 12.0. The third kappa shape index (κ3) is 6.73. The summed E-state index contributed by atoms with van der Waals surface area (Å²) in [6.07, 6.45) is -0.950. The number of aromatic nitrogens is 1. The lowest BCUT2D eigenvalue weighted by atomic mass is 10.00. The molecule has 1 atom stereocenters. The number of piperidine rings is 1. The summed E-state index contributed by atoms with van der Waals surface area (Å²) in [5, 5.41) is 7.11. The topological polar surface area (TPSA) is 65.5 Å². The van der Waals surface area contributed by atoms with Gasteiger partial charge < -0.3 is 15.1 Å². The zero-order valence-electron chi connectivity index (χ0n) is 19.7. The fraction of sp³-hybridized carbons (Fsp3) is 0.542. The van der Waals surface area contributed by atoms with E-state index < -0.39 is 12.3 Å². The Bertz CT molecular complexity index is 958. The average Bonchev–Trinajstić information content (AvgIpc) is 3.29. The van der Waals surface area contributed by atoms with Gasteiger partial charge in [0.25, 0.3) is 11.8 Å². The van der Waals surface area contributed by atoms with Gasteiger partial charge >= 0.3 is 6.43 Å². The molecule has 2 amide bonds. The molecule has 0 radical (unpaired) electrons. The first kappa shape index (κ1) is 26.5. The van der Waals surface area contributed by atoms with Gasteiger partial charge in [-0.15, -0.1) is 0 Å². The van der Waals surface area contributed by atoms with Crippen LogP contribution >= 0.6 is 22.9 Å². The van der Waals surface area contributed by atoms with Crippen LogP contribution in [0.2, 0.25) is 5.15 Å². The third-order valence-corrected chi connectivity index (χ3v) is 7.33. The number of hydrogen-bond donors (Lipinski definition) is 1. The highest BCUT2D eigenvalue weighted by Crippen LogP contribution is 2.23. The van der Waals surface area contributed by atoms with Gasteiger partial charge in [0.05, 0.1) is 11.3 Å². The van der Waals surface area contributed by atoms with Crippen LogP contribution in [0.3, 0.4) is 0 Å². The maximum absolute atomic E-state index is 13.2. The molecule has 6 nitrogen and oxygen atoms in total. The van der Waals surface area contributed by atoms with Crippen molar-refractivity contribution in [2.24, 2.45) is 0 Å². The molecule has 34 heavy (non-hydrogen) atoms. The predicted octanol–water partition coefficient (Wildman–Crippen LogP) is 4.68. The van der Waals surface area contributed by atoms with Crippen LogP contribution in [0, 0.1) is 13.8 Å². The van der Waals surface area contributed by atoms with Crippen molar-refractivity contribution in [3.05, 3.63) is 50.4 Å². The quantitative estimate of drug-likeness (QED) is 0.495. The molecule has 0 aromatic carbocycles. The molecular weight excluding hydrogens is 482 g/mol. The molecule has 1 saturated heterocycles. The molecule has 186 valence electrons. The summed E-state index contributed by atoms with van der Waals surface area (Å²) >= 11 is 7.44.